The highest BCUT2D eigenvalue weighted by Crippen LogP contribution is 2.30. The molecule has 0 saturated carbocycles. The van der Waals surface area contributed by atoms with Crippen molar-refractivity contribution in [3.8, 4) is 17.2 Å². The first-order chi connectivity index (χ1) is 12.9. The number of benzene rings is 2. The smallest absolute Gasteiger partial charge is 0.258 e. The summed E-state index contributed by atoms with van der Waals surface area (Å²) in [5.41, 5.74) is 3.16. The summed E-state index contributed by atoms with van der Waals surface area (Å²) in [6.45, 7) is 10.9. The second kappa shape index (κ2) is 9.86. The van der Waals surface area contributed by atoms with Crippen LogP contribution in [0.2, 0.25) is 0 Å². The Bertz CT molecular complexity index is 753. The van der Waals surface area contributed by atoms with Crippen molar-refractivity contribution in [3.05, 3.63) is 53.1 Å². The fourth-order valence-electron chi connectivity index (χ4n) is 2.87. The molecule has 5 nitrogen and oxygen atoms in total. The highest BCUT2D eigenvalue weighted by molar-refractivity contribution is 5.78. The van der Waals surface area contributed by atoms with Gasteiger partial charge in [0.2, 0.25) is 0 Å². The van der Waals surface area contributed by atoms with E-state index in [-0.39, 0.29) is 18.6 Å². The molecule has 2 aromatic carbocycles. The van der Waals surface area contributed by atoms with E-state index >= 15 is 0 Å². The van der Waals surface area contributed by atoms with Crippen molar-refractivity contribution in [2.45, 2.75) is 40.7 Å². The molecule has 0 unspecified atom stereocenters. The number of ether oxygens (including phenoxy) is 3. The maximum absolute atomic E-state index is 12.3. The van der Waals surface area contributed by atoms with E-state index in [0.717, 1.165) is 16.7 Å². The van der Waals surface area contributed by atoms with Gasteiger partial charge < -0.3 is 19.5 Å². The van der Waals surface area contributed by atoms with Crippen LogP contribution in [0.5, 0.6) is 17.2 Å². The Morgan fingerprint density at radius 2 is 1.56 bits per heavy atom. The van der Waals surface area contributed by atoms with Gasteiger partial charge in [0.25, 0.3) is 5.91 Å². The van der Waals surface area contributed by atoms with Crippen LogP contribution in [0, 0.1) is 13.8 Å². The van der Waals surface area contributed by atoms with Crippen molar-refractivity contribution in [2.75, 3.05) is 19.8 Å². The van der Waals surface area contributed by atoms with Crippen molar-refractivity contribution in [1.29, 1.82) is 0 Å². The highest BCUT2D eigenvalue weighted by atomic mass is 16.5. The number of hydrogen-bond donors (Lipinski definition) is 1. The number of aryl methyl sites for hydroxylation is 2. The molecular weight excluding hydrogens is 342 g/mol. The topological polar surface area (TPSA) is 56.8 Å². The van der Waals surface area contributed by atoms with Gasteiger partial charge in [-0.25, -0.2) is 0 Å². The first-order valence-electron chi connectivity index (χ1n) is 9.33. The number of nitrogens with one attached hydrogen (secondary N) is 1. The first-order valence-corrected chi connectivity index (χ1v) is 9.33. The lowest BCUT2D eigenvalue weighted by atomic mass is 10.1. The number of rotatable bonds is 9. The third-order valence-corrected chi connectivity index (χ3v) is 4.01. The van der Waals surface area contributed by atoms with Crippen LogP contribution in [-0.2, 0) is 4.79 Å². The third kappa shape index (κ3) is 6.20. The molecule has 0 aromatic heterocycles. The largest absolute Gasteiger partial charge is 0.490 e. The van der Waals surface area contributed by atoms with Gasteiger partial charge in [0.05, 0.1) is 19.3 Å². The molecule has 2 rings (SSSR count). The maximum Gasteiger partial charge on any atom is 0.258 e. The van der Waals surface area contributed by atoms with E-state index in [1.54, 1.807) is 0 Å². The quantitative estimate of drug-likeness (QED) is 0.712. The van der Waals surface area contributed by atoms with Gasteiger partial charge in [0, 0.05) is 0 Å². The Hall–Kier alpha value is -2.69. The number of carbonyl (C=O) groups excluding carboxylic acids is 1. The average Bonchev–Trinajstić information content (AvgIpc) is 2.61. The van der Waals surface area contributed by atoms with Crippen LogP contribution in [0.15, 0.2) is 36.4 Å². The molecule has 0 spiro atoms. The van der Waals surface area contributed by atoms with Gasteiger partial charge in [-0.3, -0.25) is 4.79 Å². The van der Waals surface area contributed by atoms with Gasteiger partial charge in [-0.05, 0) is 75.6 Å². The zero-order valence-electron chi connectivity index (χ0n) is 16.8. The van der Waals surface area contributed by atoms with Gasteiger partial charge in [-0.1, -0.05) is 12.1 Å². The molecule has 0 heterocycles. The Balaban J connectivity index is 1.97. The molecule has 0 aliphatic rings. The van der Waals surface area contributed by atoms with Gasteiger partial charge in [0.15, 0.2) is 18.1 Å². The van der Waals surface area contributed by atoms with Crippen molar-refractivity contribution < 1.29 is 19.0 Å². The summed E-state index contributed by atoms with van der Waals surface area (Å²) >= 11 is 0. The zero-order chi connectivity index (χ0) is 19.8. The summed E-state index contributed by atoms with van der Waals surface area (Å²) < 4.78 is 16.9. The highest BCUT2D eigenvalue weighted by Gasteiger charge is 2.14. The lowest BCUT2D eigenvalue weighted by molar-refractivity contribution is -0.123. The molecule has 1 amide bonds. The molecule has 2 aromatic rings. The predicted molar refractivity (Wildman–Crippen MR) is 107 cm³/mol. The van der Waals surface area contributed by atoms with E-state index < -0.39 is 0 Å². The Morgan fingerprint density at radius 1 is 0.926 bits per heavy atom. The first kappa shape index (κ1) is 20.6. The van der Waals surface area contributed by atoms with Crippen molar-refractivity contribution in [2.24, 2.45) is 0 Å². The molecule has 0 bridgehead atoms. The molecule has 1 atom stereocenters. The second-order valence-electron chi connectivity index (χ2n) is 6.47. The normalized spacial score (nSPS) is 11.6. The molecular formula is C22H29NO4. The summed E-state index contributed by atoms with van der Waals surface area (Å²) in [6.07, 6.45) is 0. The van der Waals surface area contributed by atoms with Crippen LogP contribution in [-0.4, -0.2) is 25.7 Å². The van der Waals surface area contributed by atoms with E-state index in [4.69, 9.17) is 14.2 Å². The fourth-order valence-corrected chi connectivity index (χ4v) is 2.87. The van der Waals surface area contributed by atoms with Crippen LogP contribution in [0.3, 0.4) is 0 Å². The van der Waals surface area contributed by atoms with E-state index in [1.165, 1.54) is 0 Å². The van der Waals surface area contributed by atoms with Crippen LogP contribution in [0.25, 0.3) is 0 Å². The molecule has 0 radical (unpaired) electrons. The van der Waals surface area contributed by atoms with Crippen LogP contribution >= 0.6 is 0 Å². The second-order valence-corrected chi connectivity index (χ2v) is 6.47. The Labute approximate surface area is 161 Å². The molecule has 0 aliphatic carbocycles. The standard InChI is InChI=1S/C22H29NO4/c1-6-25-20-9-8-18(13-21(20)26-7-2)17(5)23-22(24)14-27-19-11-15(3)10-16(4)12-19/h8-13,17H,6-7,14H2,1-5H3,(H,23,24)/t17-/m0/s1. The maximum atomic E-state index is 12.3. The lowest BCUT2D eigenvalue weighted by Gasteiger charge is -2.18. The number of hydrogen-bond acceptors (Lipinski definition) is 4. The van der Waals surface area contributed by atoms with E-state index in [2.05, 4.69) is 11.4 Å². The molecule has 0 fully saturated rings. The molecule has 1 N–H and O–H groups in total. The SMILES string of the molecule is CCOc1ccc([C@H](C)NC(=O)COc2cc(C)cc(C)c2)cc1OCC. The Kier molecular flexibility index (Phi) is 7.53. The van der Waals surface area contributed by atoms with E-state index in [0.29, 0.717) is 30.5 Å². The molecule has 146 valence electrons. The molecule has 27 heavy (non-hydrogen) atoms. The van der Waals surface area contributed by atoms with Crippen molar-refractivity contribution in [3.63, 3.8) is 0 Å². The minimum Gasteiger partial charge on any atom is -0.490 e. The zero-order valence-corrected chi connectivity index (χ0v) is 16.8. The fraction of sp³-hybridized carbons (Fsp3) is 0.409. The van der Waals surface area contributed by atoms with Gasteiger partial charge in [-0.15, -0.1) is 0 Å². The van der Waals surface area contributed by atoms with Gasteiger partial charge >= 0.3 is 0 Å². The summed E-state index contributed by atoms with van der Waals surface area (Å²) in [4.78, 5) is 12.3. The minimum absolute atomic E-state index is 0.0252. The minimum atomic E-state index is -0.173. The van der Waals surface area contributed by atoms with Crippen molar-refractivity contribution >= 4 is 5.91 Å². The summed E-state index contributed by atoms with van der Waals surface area (Å²) in [5, 5.41) is 2.96. The van der Waals surface area contributed by atoms with Crippen LogP contribution in [0.4, 0.5) is 0 Å². The van der Waals surface area contributed by atoms with Crippen molar-refractivity contribution in [1.82, 2.24) is 5.32 Å². The molecule has 5 heteroatoms. The van der Waals surface area contributed by atoms with Gasteiger partial charge in [-0.2, -0.15) is 0 Å². The predicted octanol–water partition coefficient (Wildman–Crippen LogP) is 4.36. The summed E-state index contributed by atoms with van der Waals surface area (Å²) in [5.74, 6) is 1.92. The summed E-state index contributed by atoms with van der Waals surface area (Å²) in [6, 6.07) is 11.5. The molecule has 0 saturated heterocycles. The number of amides is 1. The van der Waals surface area contributed by atoms with Gasteiger partial charge in [0.1, 0.15) is 5.75 Å². The van der Waals surface area contributed by atoms with E-state index in [1.807, 2.05) is 65.0 Å². The third-order valence-electron chi connectivity index (χ3n) is 4.01. The summed E-state index contributed by atoms with van der Waals surface area (Å²) in [7, 11) is 0. The van der Waals surface area contributed by atoms with Crippen LogP contribution < -0.4 is 19.5 Å². The average molecular weight is 371 g/mol. The van der Waals surface area contributed by atoms with Crippen LogP contribution in [0.1, 0.15) is 43.5 Å². The Morgan fingerprint density at radius 3 is 2.19 bits per heavy atom. The number of carbonyl (C=O) groups is 1. The molecule has 0 aliphatic heterocycles. The lowest BCUT2D eigenvalue weighted by Crippen LogP contribution is -2.31. The van der Waals surface area contributed by atoms with E-state index in [9.17, 15) is 4.79 Å². The monoisotopic (exact) mass is 371 g/mol.